The molecule has 44 heavy (non-hydrogen) atoms. The van der Waals surface area contributed by atoms with Gasteiger partial charge in [0.25, 0.3) is 0 Å². The number of hydrogen-bond acceptors (Lipinski definition) is 7. The van der Waals surface area contributed by atoms with Crippen LogP contribution in [-0.4, -0.2) is 70.9 Å². The molecule has 0 unspecified atom stereocenters. The summed E-state index contributed by atoms with van der Waals surface area (Å²) >= 11 is 0. The van der Waals surface area contributed by atoms with Gasteiger partial charge in [0.1, 0.15) is 23.2 Å². The van der Waals surface area contributed by atoms with E-state index in [9.17, 15) is 27.9 Å². The highest BCUT2D eigenvalue weighted by molar-refractivity contribution is 6.00. The van der Waals surface area contributed by atoms with Crippen LogP contribution in [0.5, 0.6) is 5.75 Å². The third-order valence-corrected chi connectivity index (χ3v) is 7.67. The maximum absolute atomic E-state index is 13.5. The monoisotopic (exact) mass is 617 g/mol. The molecule has 4 rings (SSSR count). The van der Waals surface area contributed by atoms with Gasteiger partial charge in [0, 0.05) is 36.8 Å². The van der Waals surface area contributed by atoms with Crippen molar-refractivity contribution in [1.29, 1.82) is 0 Å². The highest BCUT2D eigenvalue weighted by atomic mass is 19.4. The Morgan fingerprint density at radius 1 is 1.18 bits per heavy atom. The van der Waals surface area contributed by atoms with Crippen molar-refractivity contribution in [2.75, 3.05) is 37.4 Å². The number of aromatic nitrogens is 1. The lowest BCUT2D eigenvalue weighted by atomic mass is 10.0. The molecule has 0 saturated carbocycles. The largest absolute Gasteiger partial charge is 0.488 e. The van der Waals surface area contributed by atoms with Crippen LogP contribution in [0.3, 0.4) is 0 Å². The molecule has 0 saturated heterocycles. The SMILES string of the molecule is Cc1noc(C)c1NC(=O)Nc1ccc2c(c1)CC(=O)N([C@H](C)CO)C[C@@H](C)[C@H](CN(C)Cc1ccc(C(F)(F)F)cc1)O2. The molecule has 0 spiro atoms. The number of hydrogen-bond donors (Lipinski definition) is 3. The third-order valence-electron chi connectivity index (χ3n) is 7.67. The fourth-order valence-electron chi connectivity index (χ4n) is 5.15. The van der Waals surface area contributed by atoms with E-state index in [2.05, 4.69) is 15.8 Å². The molecule has 0 radical (unpaired) electrons. The van der Waals surface area contributed by atoms with Crippen LogP contribution in [0.1, 0.15) is 42.0 Å². The highest BCUT2D eigenvalue weighted by Crippen LogP contribution is 2.31. The van der Waals surface area contributed by atoms with Crippen LogP contribution in [0, 0.1) is 19.8 Å². The van der Waals surface area contributed by atoms with Crippen molar-refractivity contribution >= 4 is 23.3 Å². The first kappa shape index (κ1) is 32.8. The zero-order valence-electron chi connectivity index (χ0n) is 25.4. The van der Waals surface area contributed by atoms with Crippen molar-refractivity contribution in [2.24, 2.45) is 5.92 Å². The van der Waals surface area contributed by atoms with Gasteiger partial charge in [-0.15, -0.1) is 0 Å². The summed E-state index contributed by atoms with van der Waals surface area (Å²) in [7, 11) is 1.85. The molecule has 0 bridgehead atoms. The zero-order chi connectivity index (χ0) is 32.2. The lowest BCUT2D eigenvalue weighted by Gasteiger charge is -2.34. The number of urea groups is 1. The second kappa shape index (κ2) is 13.7. The molecule has 0 fully saturated rings. The number of rotatable bonds is 8. The molecule has 1 aliphatic heterocycles. The summed E-state index contributed by atoms with van der Waals surface area (Å²) in [6, 6.07) is 9.17. The average Bonchev–Trinajstić information content (AvgIpc) is 3.29. The Bertz CT molecular complexity index is 1440. The number of anilines is 2. The molecule has 2 heterocycles. The van der Waals surface area contributed by atoms with Crippen LogP contribution in [0.25, 0.3) is 0 Å². The van der Waals surface area contributed by atoms with E-state index >= 15 is 0 Å². The van der Waals surface area contributed by atoms with Crippen molar-refractivity contribution < 1.29 is 37.1 Å². The molecular weight excluding hydrogens is 579 g/mol. The van der Waals surface area contributed by atoms with E-state index in [1.165, 1.54) is 12.1 Å². The topological polar surface area (TPSA) is 120 Å². The number of aliphatic hydroxyl groups excluding tert-OH is 1. The van der Waals surface area contributed by atoms with Gasteiger partial charge in [0.05, 0.1) is 24.6 Å². The summed E-state index contributed by atoms with van der Waals surface area (Å²) in [5, 5.41) is 19.2. The minimum absolute atomic E-state index is 0.0124. The number of alkyl halides is 3. The first-order chi connectivity index (χ1) is 20.7. The zero-order valence-corrected chi connectivity index (χ0v) is 25.4. The normalized spacial score (nSPS) is 18.1. The van der Waals surface area contributed by atoms with E-state index in [1.807, 2.05) is 18.9 Å². The maximum Gasteiger partial charge on any atom is 0.416 e. The number of aliphatic hydroxyl groups is 1. The number of ether oxygens (including phenoxy) is 1. The van der Waals surface area contributed by atoms with Crippen molar-refractivity contribution in [3.8, 4) is 5.75 Å². The van der Waals surface area contributed by atoms with Crippen LogP contribution in [0.15, 0.2) is 47.0 Å². The van der Waals surface area contributed by atoms with E-state index in [-0.39, 0.29) is 24.9 Å². The number of nitrogens with zero attached hydrogens (tertiary/aromatic N) is 3. The van der Waals surface area contributed by atoms with E-state index in [1.54, 1.807) is 43.9 Å². The van der Waals surface area contributed by atoms with Crippen LogP contribution in [-0.2, 0) is 23.9 Å². The van der Waals surface area contributed by atoms with Crippen molar-refractivity contribution in [1.82, 2.24) is 15.0 Å². The Kier molecular flexibility index (Phi) is 10.2. The predicted octanol–water partition coefficient (Wildman–Crippen LogP) is 5.24. The molecule has 10 nitrogen and oxygen atoms in total. The van der Waals surface area contributed by atoms with E-state index < -0.39 is 29.9 Å². The number of aryl methyl sites for hydroxylation is 2. The van der Waals surface area contributed by atoms with Crippen LogP contribution in [0.2, 0.25) is 0 Å². The van der Waals surface area contributed by atoms with Gasteiger partial charge in [0.2, 0.25) is 5.91 Å². The minimum atomic E-state index is -4.40. The van der Waals surface area contributed by atoms with Crippen molar-refractivity contribution in [3.05, 3.63) is 70.6 Å². The lowest BCUT2D eigenvalue weighted by molar-refractivity contribution is -0.137. The summed E-state index contributed by atoms with van der Waals surface area (Å²) in [5.74, 6) is 0.591. The van der Waals surface area contributed by atoms with Crippen LogP contribution >= 0.6 is 0 Å². The summed E-state index contributed by atoms with van der Waals surface area (Å²) in [6.45, 7) is 8.04. The third kappa shape index (κ3) is 8.08. The predicted molar refractivity (Wildman–Crippen MR) is 158 cm³/mol. The molecule has 3 N–H and O–H groups in total. The number of amides is 3. The molecule has 1 aromatic heterocycles. The summed E-state index contributed by atoms with van der Waals surface area (Å²) < 4.78 is 50.6. The smallest absolute Gasteiger partial charge is 0.416 e. The fraction of sp³-hybridized carbons (Fsp3) is 0.452. The number of halogens is 3. The number of benzene rings is 2. The number of carbonyl (C=O) groups is 2. The second-order valence-electron chi connectivity index (χ2n) is 11.4. The summed E-state index contributed by atoms with van der Waals surface area (Å²) in [6.07, 6.45) is -4.82. The molecule has 1 aliphatic rings. The summed E-state index contributed by atoms with van der Waals surface area (Å²) in [4.78, 5) is 29.8. The molecule has 0 aliphatic carbocycles. The molecular formula is C31H38F3N5O5. The van der Waals surface area contributed by atoms with Gasteiger partial charge in [-0.25, -0.2) is 4.79 Å². The Labute approximate surface area is 254 Å². The van der Waals surface area contributed by atoms with Gasteiger partial charge in [-0.3, -0.25) is 9.69 Å². The standard InChI is InChI=1S/C31H38F3N5O5/c1-18-14-39(19(2)17-40)28(41)13-23-12-25(35-30(42)36-29-20(3)37-44-21(29)4)10-11-26(23)43-27(18)16-38(5)15-22-6-8-24(9-7-22)31(32,33)34/h6-12,18-19,27,40H,13-17H2,1-5H3,(H2,35,36,42)/t18-,19-,27+/m1/s1. The number of likely N-dealkylation sites (N-methyl/N-ethyl adjacent to an activating group) is 1. The van der Waals surface area contributed by atoms with Gasteiger partial charge in [0.15, 0.2) is 5.76 Å². The average molecular weight is 618 g/mol. The van der Waals surface area contributed by atoms with Crippen molar-refractivity contribution in [2.45, 2.75) is 59.0 Å². The first-order valence-corrected chi connectivity index (χ1v) is 14.3. The Hall–Kier alpha value is -4.10. The summed E-state index contributed by atoms with van der Waals surface area (Å²) in [5.41, 5.74) is 2.01. The Balaban J connectivity index is 1.55. The first-order valence-electron chi connectivity index (χ1n) is 14.3. The Morgan fingerprint density at radius 2 is 1.89 bits per heavy atom. The molecule has 238 valence electrons. The number of carbonyl (C=O) groups excluding carboxylic acids is 2. The number of fused-ring (bicyclic) bond motifs is 1. The molecule has 13 heteroatoms. The van der Waals surface area contributed by atoms with E-state index in [4.69, 9.17) is 9.26 Å². The lowest BCUT2D eigenvalue weighted by Crippen LogP contribution is -2.47. The van der Waals surface area contributed by atoms with Crippen LogP contribution < -0.4 is 15.4 Å². The van der Waals surface area contributed by atoms with Gasteiger partial charge >= 0.3 is 12.2 Å². The van der Waals surface area contributed by atoms with Gasteiger partial charge in [-0.1, -0.05) is 24.2 Å². The Morgan fingerprint density at radius 3 is 2.50 bits per heavy atom. The van der Waals surface area contributed by atoms with E-state index in [0.29, 0.717) is 59.3 Å². The number of nitrogens with one attached hydrogen (secondary N) is 2. The van der Waals surface area contributed by atoms with Gasteiger partial charge in [-0.2, -0.15) is 13.2 Å². The van der Waals surface area contributed by atoms with Gasteiger partial charge < -0.3 is 29.9 Å². The maximum atomic E-state index is 13.5. The van der Waals surface area contributed by atoms with Crippen LogP contribution in [0.4, 0.5) is 29.3 Å². The highest BCUT2D eigenvalue weighted by Gasteiger charge is 2.32. The van der Waals surface area contributed by atoms with Gasteiger partial charge in [-0.05, 0) is 63.7 Å². The van der Waals surface area contributed by atoms with E-state index in [0.717, 1.165) is 12.1 Å². The van der Waals surface area contributed by atoms with Crippen molar-refractivity contribution in [3.63, 3.8) is 0 Å². The second-order valence-corrected chi connectivity index (χ2v) is 11.4. The molecule has 2 aromatic carbocycles. The quantitative estimate of drug-likeness (QED) is 0.317. The molecule has 3 aromatic rings. The fourth-order valence-corrected chi connectivity index (χ4v) is 5.15. The minimum Gasteiger partial charge on any atom is -0.488 e. The molecule has 3 atom stereocenters. The molecule has 3 amide bonds.